The van der Waals surface area contributed by atoms with Crippen LogP contribution in [0.5, 0.6) is 5.75 Å². The van der Waals surface area contributed by atoms with E-state index in [0.29, 0.717) is 23.5 Å². The van der Waals surface area contributed by atoms with Crippen LogP contribution in [0.2, 0.25) is 0 Å². The largest absolute Gasteiger partial charge is 0.507 e. The van der Waals surface area contributed by atoms with Gasteiger partial charge in [-0.3, -0.25) is 14.5 Å². The van der Waals surface area contributed by atoms with Gasteiger partial charge in [-0.25, -0.2) is 8.78 Å². The number of ether oxygens (including phenoxy) is 1. The van der Waals surface area contributed by atoms with Crippen LogP contribution in [0, 0.1) is 18.6 Å². The van der Waals surface area contributed by atoms with Crippen molar-refractivity contribution in [2.45, 2.75) is 19.9 Å². The Bertz CT molecular complexity index is 1250. The maximum Gasteiger partial charge on any atom is 0.300 e. The number of hydrogen-bond donors (Lipinski definition) is 1. The van der Waals surface area contributed by atoms with Crippen LogP contribution in [0.3, 0.4) is 0 Å². The highest BCUT2D eigenvalue weighted by Crippen LogP contribution is 2.42. The van der Waals surface area contributed by atoms with E-state index in [2.05, 4.69) is 0 Å². The van der Waals surface area contributed by atoms with Crippen molar-refractivity contribution in [2.24, 2.45) is 0 Å². The fourth-order valence-electron chi connectivity index (χ4n) is 3.83. The van der Waals surface area contributed by atoms with Crippen LogP contribution < -0.4 is 9.64 Å². The number of carbonyl (C=O) groups excluding carboxylic acids is 2. The van der Waals surface area contributed by atoms with Crippen molar-refractivity contribution in [3.05, 3.63) is 101 Å². The molecule has 1 aliphatic heterocycles. The van der Waals surface area contributed by atoms with Gasteiger partial charge >= 0.3 is 0 Å². The average Bonchev–Trinajstić information content (AvgIpc) is 3.07. The third kappa shape index (κ3) is 4.09. The molecule has 168 valence electrons. The molecule has 1 heterocycles. The Balaban J connectivity index is 1.91. The second-order valence-corrected chi connectivity index (χ2v) is 7.64. The summed E-state index contributed by atoms with van der Waals surface area (Å²) in [6.07, 6.45) is 0. The number of ketones is 1. The monoisotopic (exact) mass is 449 g/mol. The normalized spacial score (nSPS) is 17.5. The molecule has 0 aliphatic carbocycles. The lowest BCUT2D eigenvalue weighted by molar-refractivity contribution is -0.132. The van der Waals surface area contributed by atoms with Gasteiger partial charge in [-0.2, -0.15) is 0 Å². The van der Waals surface area contributed by atoms with E-state index in [0.717, 1.165) is 22.6 Å². The van der Waals surface area contributed by atoms with E-state index in [4.69, 9.17) is 4.74 Å². The highest BCUT2D eigenvalue weighted by Gasteiger charge is 2.47. The number of Topliss-reactive ketones (excluding diaryl/α,β-unsaturated/α-hetero) is 1. The van der Waals surface area contributed by atoms with Gasteiger partial charge in [-0.15, -0.1) is 0 Å². The number of hydrogen-bond acceptors (Lipinski definition) is 4. The lowest BCUT2D eigenvalue weighted by Crippen LogP contribution is -2.29. The fourth-order valence-corrected chi connectivity index (χ4v) is 3.83. The first-order valence-electron chi connectivity index (χ1n) is 10.4. The standard InChI is InChI=1S/C26H21F2NO4/c1-3-33-19-11-8-16(9-12-19)23-22(24(30)17-6-4-15(2)5-7-17)25(31)26(32)29(23)18-10-13-20(27)21(28)14-18/h4-14,23,30H,3H2,1-2H3/b24-22+. The number of amides is 1. The predicted octanol–water partition coefficient (Wildman–Crippen LogP) is 5.30. The van der Waals surface area contributed by atoms with Crippen LogP contribution in [0.25, 0.3) is 5.76 Å². The summed E-state index contributed by atoms with van der Waals surface area (Å²) in [6, 6.07) is 15.4. The van der Waals surface area contributed by atoms with Crippen LogP contribution in [0.4, 0.5) is 14.5 Å². The molecule has 0 radical (unpaired) electrons. The molecule has 33 heavy (non-hydrogen) atoms. The van der Waals surface area contributed by atoms with Gasteiger partial charge in [-0.05, 0) is 43.7 Å². The Morgan fingerprint density at radius 1 is 0.970 bits per heavy atom. The number of anilines is 1. The molecule has 5 nitrogen and oxygen atoms in total. The minimum absolute atomic E-state index is 0.00200. The van der Waals surface area contributed by atoms with Crippen LogP contribution in [0.1, 0.15) is 29.7 Å². The molecule has 1 aliphatic rings. The molecule has 1 saturated heterocycles. The molecule has 0 aromatic heterocycles. The summed E-state index contributed by atoms with van der Waals surface area (Å²) in [7, 11) is 0. The molecular weight excluding hydrogens is 428 g/mol. The van der Waals surface area contributed by atoms with Gasteiger partial charge in [0.05, 0.1) is 18.2 Å². The molecule has 1 atom stereocenters. The molecular formula is C26H21F2NO4. The first-order valence-corrected chi connectivity index (χ1v) is 10.4. The van der Waals surface area contributed by atoms with Crippen molar-refractivity contribution in [1.29, 1.82) is 0 Å². The number of aliphatic hydroxyl groups is 1. The van der Waals surface area contributed by atoms with E-state index in [-0.39, 0.29) is 17.0 Å². The number of rotatable bonds is 5. The van der Waals surface area contributed by atoms with Crippen molar-refractivity contribution < 1.29 is 28.2 Å². The molecule has 3 aromatic carbocycles. The molecule has 1 fully saturated rings. The Labute approximate surface area is 189 Å². The van der Waals surface area contributed by atoms with E-state index in [1.807, 2.05) is 13.8 Å². The van der Waals surface area contributed by atoms with Crippen molar-refractivity contribution in [3.63, 3.8) is 0 Å². The Hall–Kier alpha value is -4.00. The average molecular weight is 449 g/mol. The van der Waals surface area contributed by atoms with Gasteiger partial charge in [0.1, 0.15) is 11.5 Å². The van der Waals surface area contributed by atoms with E-state index < -0.39 is 29.4 Å². The number of nitrogens with zero attached hydrogens (tertiary/aromatic N) is 1. The number of aryl methyl sites for hydroxylation is 1. The summed E-state index contributed by atoms with van der Waals surface area (Å²) in [4.78, 5) is 27.2. The van der Waals surface area contributed by atoms with Gasteiger partial charge < -0.3 is 9.84 Å². The first kappa shape index (κ1) is 22.2. The van der Waals surface area contributed by atoms with Gasteiger partial charge in [-0.1, -0.05) is 42.0 Å². The van der Waals surface area contributed by atoms with Gasteiger partial charge in [0.15, 0.2) is 11.6 Å². The molecule has 1 N–H and O–H groups in total. The molecule has 1 amide bonds. The summed E-state index contributed by atoms with van der Waals surface area (Å²) < 4.78 is 33.0. The van der Waals surface area contributed by atoms with Crippen molar-refractivity contribution >= 4 is 23.1 Å². The zero-order valence-electron chi connectivity index (χ0n) is 18.0. The van der Waals surface area contributed by atoms with Gasteiger partial charge in [0.25, 0.3) is 11.7 Å². The zero-order valence-corrected chi connectivity index (χ0v) is 18.0. The van der Waals surface area contributed by atoms with Crippen molar-refractivity contribution in [2.75, 3.05) is 11.5 Å². The molecule has 4 rings (SSSR count). The Kier molecular flexibility index (Phi) is 5.96. The zero-order chi connectivity index (χ0) is 23.7. The molecule has 0 spiro atoms. The third-order valence-electron chi connectivity index (χ3n) is 5.46. The lowest BCUT2D eigenvalue weighted by atomic mass is 9.95. The number of carbonyl (C=O) groups is 2. The van der Waals surface area contributed by atoms with E-state index >= 15 is 0 Å². The van der Waals surface area contributed by atoms with Crippen LogP contribution in [-0.2, 0) is 9.59 Å². The van der Waals surface area contributed by atoms with Gasteiger partial charge in [0.2, 0.25) is 0 Å². The minimum Gasteiger partial charge on any atom is -0.507 e. The molecule has 0 bridgehead atoms. The van der Waals surface area contributed by atoms with E-state index in [1.165, 1.54) is 6.07 Å². The highest BCUT2D eigenvalue weighted by molar-refractivity contribution is 6.51. The van der Waals surface area contributed by atoms with E-state index in [9.17, 15) is 23.5 Å². The molecule has 7 heteroatoms. The predicted molar refractivity (Wildman–Crippen MR) is 120 cm³/mol. The first-order chi connectivity index (χ1) is 15.8. The maximum atomic E-state index is 14.0. The van der Waals surface area contributed by atoms with Crippen LogP contribution >= 0.6 is 0 Å². The Morgan fingerprint density at radius 3 is 2.24 bits per heavy atom. The van der Waals surface area contributed by atoms with Gasteiger partial charge in [0, 0.05) is 17.3 Å². The summed E-state index contributed by atoms with van der Waals surface area (Å²) in [5.41, 5.74) is 1.67. The second kappa shape index (κ2) is 8.86. The third-order valence-corrected chi connectivity index (χ3v) is 5.46. The summed E-state index contributed by atoms with van der Waals surface area (Å²) in [5, 5.41) is 11.1. The van der Waals surface area contributed by atoms with Crippen molar-refractivity contribution in [1.82, 2.24) is 0 Å². The lowest BCUT2D eigenvalue weighted by Gasteiger charge is -2.25. The summed E-state index contributed by atoms with van der Waals surface area (Å²) in [5.74, 6) is -3.86. The second-order valence-electron chi connectivity index (χ2n) is 7.64. The topological polar surface area (TPSA) is 66.8 Å². The molecule has 1 unspecified atom stereocenters. The molecule has 3 aromatic rings. The summed E-state index contributed by atoms with van der Waals surface area (Å²) in [6.45, 7) is 4.18. The highest BCUT2D eigenvalue weighted by atomic mass is 19.2. The number of benzene rings is 3. The SMILES string of the molecule is CCOc1ccc(C2/C(=C(\O)c3ccc(C)cc3)C(=O)C(=O)N2c2ccc(F)c(F)c2)cc1. The fraction of sp³-hybridized carbons (Fsp3) is 0.154. The smallest absolute Gasteiger partial charge is 0.300 e. The quantitative estimate of drug-likeness (QED) is 0.326. The molecule has 0 saturated carbocycles. The minimum atomic E-state index is -1.15. The van der Waals surface area contributed by atoms with Crippen LogP contribution in [-0.4, -0.2) is 23.4 Å². The Morgan fingerprint density at radius 2 is 1.64 bits per heavy atom. The number of aliphatic hydroxyl groups excluding tert-OH is 1. The van der Waals surface area contributed by atoms with Crippen molar-refractivity contribution in [3.8, 4) is 5.75 Å². The summed E-state index contributed by atoms with van der Waals surface area (Å²) >= 11 is 0. The van der Waals surface area contributed by atoms with E-state index in [1.54, 1.807) is 48.5 Å². The maximum absolute atomic E-state index is 14.0. The van der Waals surface area contributed by atoms with Crippen LogP contribution in [0.15, 0.2) is 72.3 Å². The number of halogens is 2.